The van der Waals surface area contributed by atoms with Gasteiger partial charge in [0.15, 0.2) is 5.17 Å². The maximum absolute atomic E-state index is 8.09. The molecule has 0 radical (unpaired) electrons. The minimum Gasteiger partial charge on any atom is -0.495 e. The molecule has 0 unspecified atom stereocenters. The Morgan fingerprint density at radius 1 is 1.17 bits per heavy atom. The smallest absolute Gasteiger partial charge is 0.165 e. The minimum atomic E-state index is 0.0446. The fraction of sp³-hybridized carbons (Fsp3) is 0.250. The highest BCUT2D eigenvalue weighted by atomic mass is 32.2. The predicted octanol–water partition coefficient (Wildman–Crippen LogP) is 3.38. The predicted molar refractivity (Wildman–Crippen MR) is 96.6 cm³/mol. The molecule has 0 atom stereocenters. The number of hydrogen-bond donors (Lipinski definition) is 3. The van der Waals surface area contributed by atoms with Crippen LogP contribution in [0.1, 0.15) is 19.5 Å². The van der Waals surface area contributed by atoms with Gasteiger partial charge in [0.1, 0.15) is 22.4 Å². The first-order chi connectivity index (χ1) is 11.5. The Balaban J connectivity index is 1.96. The Morgan fingerprint density at radius 2 is 1.96 bits per heavy atom. The van der Waals surface area contributed by atoms with E-state index in [0.29, 0.717) is 23.0 Å². The molecule has 2 aromatic rings. The number of nitrogens with zero attached hydrogens (tertiary/aromatic N) is 2. The number of anilines is 1. The molecule has 0 spiro atoms. The van der Waals surface area contributed by atoms with Gasteiger partial charge in [0.25, 0.3) is 0 Å². The van der Waals surface area contributed by atoms with Crippen LogP contribution < -0.4 is 14.8 Å². The molecule has 2 heterocycles. The van der Waals surface area contributed by atoms with E-state index in [2.05, 4.69) is 15.3 Å². The topological polar surface area (TPSA) is 104 Å². The highest BCUT2D eigenvalue weighted by Crippen LogP contribution is 2.19. The lowest BCUT2D eigenvalue weighted by molar-refractivity contribution is 0.242. The van der Waals surface area contributed by atoms with Gasteiger partial charge in [-0.1, -0.05) is 0 Å². The summed E-state index contributed by atoms with van der Waals surface area (Å²) in [5, 5.41) is 19.1. The van der Waals surface area contributed by atoms with Crippen LogP contribution in [0.25, 0.3) is 0 Å². The normalized spacial score (nSPS) is 10.3. The lowest BCUT2D eigenvalue weighted by Gasteiger charge is -2.11. The molecule has 8 heteroatoms. The molecule has 2 rings (SSSR count). The molecule has 0 aliphatic carbocycles. The van der Waals surface area contributed by atoms with Crippen molar-refractivity contribution in [2.45, 2.75) is 20.0 Å². The van der Waals surface area contributed by atoms with Crippen molar-refractivity contribution in [3.05, 3.63) is 42.4 Å². The molecule has 0 aliphatic heterocycles. The Bertz CT molecular complexity index is 719. The maximum Gasteiger partial charge on any atom is 0.165 e. The highest BCUT2D eigenvalue weighted by molar-refractivity contribution is 8.27. The van der Waals surface area contributed by atoms with E-state index in [0.717, 1.165) is 11.8 Å². The number of hydrogen-bond acceptors (Lipinski definition) is 7. The van der Waals surface area contributed by atoms with Gasteiger partial charge in [-0.3, -0.25) is 15.8 Å². The van der Waals surface area contributed by atoms with Crippen LogP contribution in [-0.4, -0.2) is 33.4 Å². The molecule has 0 bridgehead atoms. The number of amidine groups is 1. The van der Waals surface area contributed by atoms with E-state index < -0.39 is 0 Å². The fourth-order valence-corrected chi connectivity index (χ4v) is 2.33. The molecule has 0 aromatic carbocycles. The molecule has 0 saturated heterocycles. The summed E-state index contributed by atoms with van der Waals surface area (Å²) < 4.78 is 10.6. The van der Waals surface area contributed by atoms with Gasteiger partial charge in [-0.05, 0) is 43.8 Å². The van der Waals surface area contributed by atoms with E-state index in [1.54, 1.807) is 43.8 Å². The highest BCUT2D eigenvalue weighted by Gasteiger charge is 2.10. The molecule has 7 nitrogen and oxygen atoms in total. The lowest BCUT2D eigenvalue weighted by Crippen LogP contribution is -2.12. The van der Waals surface area contributed by atoms with E-state index in [1.807, 2.05) is 13.8 Å². The van der Waals surface area contributed by atoms with E-state index >= 15 is 0 Å². The zero-order valence-electron chi connectivity index (χ0n) is 13.7. The van der Waals surface area contributed by atoms with Crippen molar-refractivity contribution in [2.75, 3.05) is 12.4 Å². The van der Waals surface area contributed by atoms with Crippen LogP contribution in [-0.2, 0) is 0 Å². The number of rotatable bonds is 5. The summed E-state index contributed by atoms with van der Waals surface area (Å²) in [5.74, 6) is 1.79. The van der Waals surface area contributed by atoms with E-state index in [4.69, 9.17) is 20.3 Å². The zero-order valence-corrected chi connectivity index (χ0v) is 14.5. The van der Waals surface area contributed by atoms with Crippen LogP contribution in [0.2, 0.25) is 0 Å². The van der Waals surface area contributed by atoms with Gasteiger partial charge in [-0.15, -0.1) is 0 Å². The number of aromatic nitrogens is 2. The van der Waals surface area contributed by atoms with Gasteiger partial charge < -0.3 is 14.8 Å². The van der Waals surface area contributed by atoms with Gasteiger partial charge in [0.2, 0.25) is 0 Å². The SMILES string of the molecule is COc1ccc(NC(=N)SC(=N)c2cc(OC(C)C)ccn2)nc1. The first kappa shape index (κ1) is 17.7. The second-order valence-corrected chi connectivity index (χ2v) is 6.03. The average Bonchev–Trinajstić information content (AvgIpc) is 2.55. The molecule has 0 amide bonds. The largest absolute Gasteiger partial charge is 0.495 e. The molecule has 0 saturated carbocycles. The first-order valence-corrected chi connectivity index (χ1v) is 8.04. The summed E-state index contributed by atoms with van der Waals surface area (Å²) in [4.78, 5) is 8.27. The molecular weight excluding hydrogens is 326 g/mol. The minimum absolute atomic E-state index is 0.0446. The number of nitrogens with one attached hydrogen (secondary N) is 3. The van der Waals surface area contributed by atoms with Crippen LogP contribution in [0.4, 0.5) is 5.82 Å². The monoisotopic (exact) mass is 345 g/mol. The molecule has 24 heavy (non-hydrogen) atoms. The number of thioether (sulfide) groups is 1. The van der Waals surface area contributed by atoms with Gasteiger partial charge in [0, 0.05) is 12.3 Å². The first-order valence-electron chi connectivity index (χ1n) is 7.23. The summed E-state index contributed by atoms with van der Waals surface area (Å²) in [6.07, 6.45) is 3.19. The molecule has 0 aliphatic rings. The number of pyridine rings is 2. The van der Waals surface area contributed by atoms with Crippen LogP contribution in [0.5, 0.6) is 11.5 Å². The van der Waals surface area contributed by atoms with Crippen LogP contribution in [0.3, 0.4) is 0 Å². The third kappa shape index (κ3) is 5.24. The maximum atomic E-state index is 8.09. The van der Waals surface area contributed by atoms with Crippen molar-refractivity contribution >= 4 is 27.8 Å². The quantitative estimate of drug-likeness (QED) is 0.567. The van der Waals surface area contributed by atoms with Crippen molar-refractivity contribution in [3.8, 4) is 11.5 Å². The average molecular weight is 345 g/mol. The number of ether oxygens (including phenoxy) is 2. The van der Waals surface area contributed by atoms with Crippen LogP contribution in [0, 0.1) is 10.8 Å². The lowest BCUT2D eigenvalue weighted by atomic mass is 10.3. The summed E-state index contributed by atoms with van der Waals surface area (Å²) in [7, 11) is 1.56. The van der Waals surface area contributed by atoms with Crippen molar-refractivity contribution in [2.24, 2.45) is 0 Å². The van der Waals surface area contributed by atoms with Crippen LogP contribution in [0.15, 0.2) is 36.7 Å². The van der Waals surface area contributed by atoms with Gasteiger partial charge in [-0.25, -0.2) is 4.98 Å². The Labute approximate surface area is 144 Å². The second kappa shape index (κ2) is 8.30. The van der Waals surface area contributed by atoms with Gasteiger partial charge in [0.05, 0.1) is 25.1 Å². The van der Waals surface area contributed by atoms with Crippen molar-refractivity contribution in [1.82, 2.24) is 9.97 Å². The fourth-order valence-electron chi connectivity index (χ4n) is 1.75. The van der Waals surface area contributed by atoms with Crippen molar-refractivity contribution in [3.63, 3.8) is 0 Å². The van der Waals surface area contributed by atoms with Crippen LogP contribution >= 0.6 is 11.8 Å². The summed E-state index contributed by atoms with van der Waals surface area (Å²) >= 11 is 0.951. The third-order valence-electron chi connectivity index (χ3n) is 2.75. The molecular formula is C16H19N5O2S. The summed E-state index contributed by atoms with van der Waals surface area (Å²) in [5.41, 5.74) is 0.451. The Hall–Kier alpha value is -2.61. The Morgan fingerprint density at radius 3 is 2.58 bits per heavy atom. The summed E-state index contributed by atoms with van der Waals surface area (Å²) in [6, 6.07) is 6.88. The molecule has 126 valence electrons. The molecule has 0 fully saturated rings. The van der Waals surface area contributed by atoms with E-state index in [9.17, 15) is 0 Å². The van der Waals surface area contributed by atoms with Crippen molar-refractivity contribution < 1.29 is 9.47 Å². The van der Waals surface area contributed by atoms with Gasteiger partial charge >= 0.3 is 0 Å². The van der Waals surface area contributed by atoms with Crippen molar-refractivity contribution in [1.29, 1.82) is 10.8 Å². The standard InChI is InChI=1S/C16H19N5O2S/c1-10(2)23-11-6-7-19-13(8-11)15(17)24-16(18)21-14-5-4-12(22-3)9-20-14/h4-10,17H,1-3H3,(H2,18,20,21). The second-order valence-electron chi connectivity index (χ2n) is 5.01. The van der Waals surface area contributed by atoms with E-state index in [1.165, 1.54) is 0 Å². The van der Waals surface area contributed by atoms with E-state index in [-0.39, 0.29) is 16.3 Å². The zero-order chi connectivity index (χ0) is 17.5. The Kier molecular flexibility index (Phi) is 6.14. The molecule has 3 N–H and O–H groups in total. The third-order valence-corrected chi connectivity index (χ3v) is 3.47. The van der Waals surface area contributed by atoms with Gasteiger partial charge in [-0.2, -0.15) is 0 Å². The summed E-state index contributed by atoms with van der Waals surface area (Å²) in [6.45, 7) is 3.86. The molecule has 2 aromatic heterocycles. The number of methoxy groups -OCH3 is 1.